The molecule has 0 fully saturated rings. The molecule has 0 amide bonds. The van der Waals surface area contributed by atoms with Crippen LogP contribution in [-0.2, 0) is 0 Å². The number of nitrogens with zero attached hydrogens (tertiary/aromatic N) is 2. The van der Waals surface area contributed by atoms with E-state index in [1.54, 1.807) is 0 Å². The Kier molecular flexibility index (Phi) is 9.01. The fourth-order valence-corrected chi connectivity index (χ4v) is 8.49. The molecule has 0 saturated carbocycles. The smallest absolute Gasteiger partial charge is 0.0468 e. The molecule has 10 aromatic carbocycles. The topological polar surface area (TPSA) is 6.48 Å². The van der Waals surface area contributed by atoms with Crippen molar-refractivity contribution in [3.63, 3.8) is 0 Å². The summed E-state index contributed by atoms with van der Waals surface area (Å²) in [5, 5.41) is 7.28. The third-order valence-electron chi connectivity index (χ3n) is 11.3. The van der Waals surface area contributed by atoms with Crippen LogP contribution in [0, 0.1) is 13.8 Å². The molecule has 276 valence electrons. The Labute approximate surface area is 340 Å². The van der Waals surface area contributed by atoms with E-state index in [4.69, 9.17) is 0 Å². The monoisotopic (exact) mass is 742 g/mol. The van der Waals surface area contributed by atoms with Crippen LogP contribution in [0.25, 0.3) is 54.6 Å². The molecule has 10 aromatic rings. The Bertz CT molecular complexity index is 3050. The van der Waals surface area contributed by atoms with Gasteiger partial charge in [0.2, 0.25) is 0 Å². The minimum absolute atomic E-state index is 1.10. The van der Waals surface area contributed by atoms with Crippen molar-refractivity contribution in [3.8, 4) is 22.3 Å². The molecule has 10 rings (SSSR count). The van der Waals surface area contributed by atoms with Crippen LogP contribution in [0.15, 0.2) is 218 Å². The third kappa shape index (κ3) is 6.45. The lowest BCUT2D eigenvalue weighted by atomic mass is 9.85. The van der Waals surface area contributed by atoms with E-state index in [9.17, 15) is 0 Å². The van der Waals surface area contributed by atoms with Gasteiger partial charge in [-0.15, -0.1) is 0 Å². The third-order valence-corrected chi connectivity index (χ3v) is 11.3. The van der Waals surface area contributed by atoms with Crippen molar-refractivity contribution in [3.05, 3.63) is 230 Å². The van der Waals surface area contributed by atoms with E-state index < -0.39 is 0 Å². The molecule has 0 spiro atoms. The second kappa shape index (κ2) is 14.9. The molecule has 0 atom stereocenters. The highest BCUT2D eigenvalue weighted by molar-refractivity contribution is 6.22. The minimum atomic E-state index is 1.10. The quantitative estimate of drug-likeness (QED) is 0.143. The van der Waals surface area contributed by atoms with Crippen molar-refractivity contribution in [1.82, 2.24) is 0 Å². The number of benzene rings is 10. The van der Waals surface area contributed by atoms with Gasteiger partial charge in [-0.1, -0.05) is 157 Å². The molecular weight excluding hydrogens is 701 g/mol. The van der Waals surface area contributed by atoms with E-state index in [0.29, 0.717) is 0 Å². The molecule has 0 radical (unpaired) electrons. The maximum Gasteiger partial charge on any atom is 0.0468 e. The highest BCUT2D eigenvalue weighted by atomic mass is 15.1. The van der Waals surface area contributed by atoms with Crippen LogP contribution in [0.1, 0.15) is 11.1 Å². The Balaban J connectivity index is 1.28. The number of aryl methyl sites for hydroxylation is 2. The molecule has 0 saturated heterocycles. The fourth-order valence-electron chi connectivity index (χ4n) is 8.49. The van der Waals surface area contributed by atoms with Crippen LogP contribution < -0.4 is 9.80 Å². The first kappa shape index (κ1) is 35.0. The lowest BCUT2D eigenvalue weighted by Gasteiger charge is -2.28. The van der Waals surface area contributed by atoms with Gasteiger partial charge in [0, 0.05) is 34.1 Å². The molecule has 2 nitrogen and oxygen atoms in total. The summed E-state index contributed by atoms with van der Waals surface area (Å²) in [7, 11) is 0. The van der Waals surface area contributed by atoms with E-state index in [1.807, 2.05) is 0 Å². The second-order valence-corrected chi connectivity index (χ2v) is 15.2. The average molecular weight is 743 g/mol. The van der Waals surface area contributed by atoms with E-state index in [2.05, 4.69) is 242 Å². The van der Waals surface area contributed by atoms with Gasteiger partial charge in [0.15, 0.2) is 0 Å². The van der Waals surface area contributed by atoms with Crippen LogP contribution >= 0.6 is 0 Å². The Morgan fingerprint density at radius 2 is 0.638 bits per heavy atom. The lowest BCUT2D eigenvalue weighted by Crippen LogP contribution is -2.10. The van der Waals surface area contributed by atoms with Gasteiger partial charge in [-0.25, -0.2) is 0 Å². The second-order valence-electron chi connectivity index (χ2n) is 15.2. The summed E-state index contributed by atoms with van der Waals surface area (Å²) in [6, 6.07) is 79.7. The number of hydrogen-bond acceptors (Lipinski definition) is 2. The molecule has 0 aliphatic carbocycles. The Morgan fingerprint density at radius 1 is 0.259 bits per heavy atom. The first-order valence-electron chi connectivity index (χ1n) is 20.0. The number of rotatable bonds is 8. The minimum Gasteiger partial charge on any atom is -0.310 e. The lowest BCUT2D eigenvalue weighted by molar-refractivity contribution is 1.28. The van der Waals surface area contributed by atoms with E-state index in [1.165, 1.54) is 65.7 Å². The molecule has 0 N–H and O–H groups in total. The number of hydrogen-bond donors (Lipinski definition) is 0. The van der Waals surface area contributed by atoms with Crippen molar-refractivity contribution >= 4 is 66.4 Å². The van der Waals surface area contributed by atoms with Gasteiger partial charge in [-0.05, 0) is 141 Å². The zero-order chi connectivity index (χ0) is 39.0. The van der Waals surface area contributed by atoms with Gasteiger partial charge in [-0.2, -0.15) is 0 Å². The number of anilines is 6. The molecule has 58 heavy (non-hydrogen) atoms. The summed E-state index contributed by atoms with van der Waals surface area (Å²) in [5.74, 6) is 0. The van der Waals surface area contributed by atoms with E-state index >= 15 is 0 Å². The van der Waals surface area contributed by atoms with Crippen LogP contribution in [0.2, 0.25) is 0 Å². The summed E-state index contributed by atoms with van der Waals surface area (Å²) < 4.78 is 0. The summed E-state index contributed by atoms with van der Waals surface area (Å²) in [5.41, 5.74) is 14.0. The van der Waals surface area contributed by atoms with Gasteiger partial charge < -0.3 is 9.80 Å². The molecule has 2 heteroatoms. The highest BCUT2D eigenvalue weighted by Gasteiger charge is 2.22. The van der Waals surface area contributed by atoms with Crippen LogP contribution in [-0.4, -0.2) is 0 Å². The van der Waals surface area contributed by atoms with Gasteiger partial charge in [0.1, 0.15) is 0 Å². The maximum atomic E-state index is 2.41. The molecule has 0 heterocycles. The summed E-state index contributed by atoms with van der Waals surface area (Å²) in [4.78, 5) is 4.76. The molecular formula is C56H42N2. The first-order chi connectivity index (χ1) is 28.6. The predicted molar refractivity (Wildman–Crippen MR) is 249 cm³/mol. The van der Waals surface area contributed by atoms with Crippen LogP contribution in [0.4, 0.5) is 34.1 Å². The SMILES string of the molecule is Cc1ccc(-c2c3ccc(N(c4ccccc4)c4ccc(C)cc4)cc3c(-c3ccccc3)c3ccc(N(c4ccccc4)c4ccc5ccccc5c4)cc23)cc1. The van der Waals surface area contributed by atoms with Crippen LogP contribution in [0.5, 0.6) is 0 Å². The van der Waals surface area contributed by atoms with Crippen molar-refractivity contribution in [1.29, 1.82) is 0 Å². The zero-order valence-corrected chi connectivity index (χ0v) is 32.7. The zero-order valence-electron chi connectivity index (χ0n) is 32.7. The standard InChI is InChI=1S/C56H42N2/c1-39-22-26-43(27-23-39)56-52-34-32-49(57(45-18-8-4-9-19-45)47-29-24-40(2)25-30-47)37-53(52)55(42-15-6-3-7-16-42)51-35-33-50(38-54(51)56)58(46-20-10-5-11-21-46)48-31-28-41-14-12-13-17-44(41)36-48/h3-38H,1-2H3. The summed E-state index contributed by atoms with van der Waals surface area (Å²) >= 11 is 0. The fraction of sp³-hybridized carbons (Fsp3) is 0.0357. The molecule has 0 bridgehead atoms. The summed E-state index contributed by atoms with van der Waals surface area (Å²) in [6.45, 7) is 4.30. The first-order valence-corrected chi connectivity index (χ1v) is 20.0. The normalized spacial score (nSPS) is 11.3. The average Bonchev–Trinajstić information content (AvgIpc) is 3.28. The van der Waals surface area contributed by atoms with E-state index in [0.717, 1.165) is 34.1 Å². The number of para-hydroxylation sites is 2. The molecule has 0 unspecified atom stereocenters. The number of fused-ring (bicyclic) bond motifs is 3. The van der Waals surface area contributed by atoms with Gasteiger partial charge in [0.25, 0.3) is 0 Å². The van der Waals surface area contributed by atoms with E-state index in [-0.39, 0.29) is 0 Å². The molecule has 0 aromatic heterocycles. The Morgan fingerprint density at radius 3 is 1.19 bits per heavy atom. The summed E-state index contributed by atoms with van der Waals surface area (Å²) in [6.07, 6.45) is 0. The van der Waals surface area contributed by atoms with Crippen molar-refractivity contribution in [2.75, 3.05) is 9.80 Å². The highest BCUT2D eigenvalue weighted by Crippen LogP contribution is 2.48. The van der Waals surface area contributed by atoms with Crippen molar-refractivity contribution in [2.24, 2.45) is 0 Å². The molecule has 0 aliphatic heterocycles. The molecule has 0 aliphatic rings. The predicted octanol–water partition coefficient (Wildman–Crippen LogP) is 16.0. The van der Waals surface area contributed by atoms with Crippen LogP contribution in [0.3, 0.4) is 0 Å². The Hall–Kier alpha value is -7.42. The maximum absolute atomic E-state index is 2.41. The van der Waals surface area contributed by atoms with Crippen molar-refractivity contribution in [2.45, 2.75) is 13.8 Å². The van der Waals surface area contributed by atoms with Gasteiger partial charge in [-0.3, -0.25) is 0 Å². The van der Waals surface area contributed by atoms with Crippen molar-refractivity contribution < 1.29 is 0 Å². The van der Waals surface area contributed by atoms with Gasteiger partial charge in [0.05, 0.1) is 0 Å². The largest absolute Gasteiger partial charge is 0.310 e. The van der Waals surface area contributed by atoms with Gasteiger partial charge >= 0.3 is 0 Å².